The number of amides is 2. The highest BCUT2D eigenvalue weighted by atomic mass is 16.2. The second-order valence-corrected chi connectivity index (χ2v) is 7.86. The topological polar surface area (TPSA) is 65.2 Å². The van der Waals surface area contributed by atoms with E-state index in [1.165, 1.54) is 0 Å². The Morgan fingerprint density at radius 2 is 1.90 bits per heavy atom. The van der Waals surface area contributed by atoms with Crippen LogP contribution in [0.1, 0.15) is 36.9 Å². The first-order valence-electron chi connectivity index (χ1n) is 10.3. The standard InChI is InChI=1S/C24H27N3O2/c1-17(18-8-3-2-4-9-18)26-24(29)19-10-7-13-27(16-19)23(28)14-20-15-25-22-12-6-5-11-21(20)22/h2-6,8-9,11-12,15,17,19,25H,7,10,13-14,16H2,1H3,(H,26,29). The largest absolute Gasteiger partial charge is 0.361 e. The van der Waals surface area contributed by atoms with Crippen molar-refractivity contribution in [2.75, 3.05) is 13.1 Å². The fourth-order valence-corrected chi connectivity index (χ4v) is 4.13. The van der Waals surface area contributed by atoms with Crippen LogP contribution in [0, 0.1) is 5.92 Å². The summed E-state index contributed by atoms with van der Waals surface area (Å²) in [6.45, 7) is 3.21. The van der Waals surface area contributed by atoms with Crippen molar-refractivity contribution in [2.45, 2.75) is 32.2 Å². The van der Waals surface area contributed by atoms with Crippen LogP contribution >= 0.6 is 0 Å². The second-order valence-electron chi connectivity index (χ2n) is 7.86. The van der Waals surface area contributed by atoms with E-state index in [1.54, 1.807) is 0 Å². The molecule has 1 fully saturated rings. The molecule has 2 atom stereocenters. The van der Waals surface area contributed by atoms with Crippen LogP contribution in [0.25, 0.3) is 10.9 Å². The third kappa shape index (κ3) is 4.34. The summed E-state index contributed by atoms with van der Waals surface area (Å²) in [4.78, 5) is 30.8. The second kappa shape index (κ2) is 8.52. The number of nitrogens with one attached hydrogen (secondary N) is 2. The number of carbonyl (C=O) groups is 2. The molecular weight excluding hydrogens is 362 g/mol. The number of carbonyl (C=O) groups excluding carboxylic acids is 2. The van der Waals surface area contributed by atoms with Crippen molar-refractivity contribution in [3.63, 3.8) is 0 Å². The van der Waals surface area contributed by atoms with Gasteiger partial charge in [-0.25, -0.2) is 0 Å². The summed E-state index contributed by atoms with van der Waals surface area (Å²) in [5, 5.41) is 4.20. The fourth-order valence-electron chi connectivity index (χ4n) is 4.13. The Morgan fingerprint density at radius 1 is 1.14 bits per heavy atom. The number of nitrogens with zero attached hydrogens (tertiary/aromatic N) is 1. The molecule has 5 nitrogen and oxygen atoms in total. The van der Waals surface area contributed by atoms with Crippen LogP contribution in [0.5, 0.6) is 0 Å². The molecule has 2 N–H and O–H groups in total. The number of aromatic nitrogens is 1. The average molecular weight is 389 g/mol. The molecule has 1 aliphatic rings. The highest BCUT2D eigenvalue weighted by Gasteiger charge is 2.29. The van der Waals surface area contributed by atoms with Crippen LogP contribution in [0.4, 0.5) is 0 Å². The van der Waals surface area contributed by atoms with Crippen molar-refractivity contribution < 1.29 is 9.59 Å². The number of hydrogen-bond acceptors (Lipinski definition) is 2. The average Bonchev–Trinajstić information content (AvgIpc) is 3.17. The van der Waals surface area contributed by atoms with Gasteiger partial charge in [0.15, 0.2) is 0 Å². The molecule has 2 unspecified atom stereocenters. The van der Waals surface area contributed by atoms with Crippen molar-refractivity contribution in [3.8, 4) is 0 Å². The predicted molar refractivity (Wildman–Crippen MR) is 114 cm³/mol. The number of benzene rings is 2. The molecule has 1 aromatic heterocycles. The van der Waals surface area contributed by atoms with Crippen molar-refractivity contribution in [2.24, 2.45) is 5.92 Å². The highest BCUT2D eigenvalue weighted by Crippen LogP contribution is 2.22. The molecule has 3 aromatic rings. The van der Waals surface area contributed by atoms with Gasteiger partial charge in [-0.15, -0.1) is 0 Å². The third-order valence-corrected chi connectivity index (χ3v) is 5.82. The molecule has 0 saturated carbocycles. The monoisotopic (exact) mass is 389 g/mol. The lowest BCUT2D eigenvalue weighted by Gasteiger charge is -2.32. The smallest absolute Gasteiger partial charge is 0.227 e. The van der Waals surface area contributed by atoms with Gasteiger partial charge in [0.25, 0.3) is 0 Å². The maximum absolute atomic E-state index is 12.9. The van der Waals surface area contributed by atoms with E-state index in [-0.39, 0.29) is 23.8 Å². The fraction of sp³-hybridized carbons (Fsp3) is 0.333. The minimum absolute atomic E-state index is 0.0333. The van der Waals surface area contributed by atoms with Crippen LogP contribution in [-0.4, -0.2) is 34.8 Å². The Morgan fingerprint density at radius 3 is 2.72 bits per heavy atom. The lowest BCUT2D eigenvalue weighted by atomic mass is 9.95. The number of H-pyrrole nitrogens is 1. The molecule has 29 heavy (non-hydrogen) atoms. The van der Waals surface area contributed by atoms with Gasteiger partial charge in [0.05, 0.1) is 18.4 Å². The van der Waals surface area contributed by atoms with Crippen molar-refractivity contribution >= 4 is 22.7 Å². The van der Waals surface area contributed by atoms with Gasteiger partial charge in [0.2, 0.25) is 11.8 Å². The van der Waals surface area contributed by atoms with Gasteiger partial charge in [0, 0.05) is 30.2 Å². The van der Waals surface area contributed by atoms with Crippen molar-refractivity contribution in [1.82, 2.24) is 15.2 Å². The molecule has 5 heteroatoms. The number of para-hydroxylation sites is 1. The van der Waals surface area contributed by atoms with E-state index in [0.29, 0.717) is 13.0 Å². The minimum atomic E-state index is -0.151. The van der Waals surface area contributed by atoms with Gasteiger partial charge in [-0.3, -0.25) is 9.59 Å². The maximum atomic E-state index is 12.9. The van der Waals surface area contributed by atoms with Gasteiger partial charge >= 0.3 is 0 Å². The van der Waals surface area contributed by atoms with Crippen LogP contribution in [0.2, 0.25) is 0 Å². The zero-order chi connectivity index (χ0) is 20.2. The number of fused-ring (bicyclic) bond motifs is 1. The Balaban J connectivity index is 1.37. The Labute approximate surface area is 171 Å². The summed E-state index contributed by atoms with van der Waals surface area (Å²) in [6, 6.07) is 17.9. The van der Waals surface area contributed by atoms with Crippen molar-refractivity contribution in [1.29, 1.82) is 0 Å². The van der Waals surface area contributed by atoms with Crippen LogP contribution in [-0.2, 0) is 16.0 Å². The van der Waals surface area contributed by atoms with E-state index >= 15 is 0 Å². The van der Waals surface area contributed by atoms with E-state index in [2.05, 4.69) is 10.3 Å². The highest BCUT2D eigenvalue weighted by molar-refractivity contribution is 5.89. The first-order chi connectivity index (χ1) is 14.1. The summed E-state index contributed by atoms with van der Waals surface area (Å²) in [7, 11) is 0. The Hall–Kier alpha value is -3.08. The Kier molecular flexibility index (Phi) is 5.65. The number of aromatic amines is 1. The molecular formula is C24H27N3O2. The Bertz CT molecular complexity index is 996. The van der Waals surface area contributed by atoms with E-state index in [4.69, 9.17) is 0 Å². The first kappa shape index (κ1) is 19.2. The first-order valence-corrected chi connectivity index (χ1v) is 10.3. The van der Waals surface area contributed by atoms with Crippen molar-refractivity contribution in [3.05, 3.63) is 71.9 Å². The SMILES string of the molecule is CC(NC(=O)C1CCCN(C(=O)Cc2c[nH]c3ccccc23)C1)c1ccccc1. The molecule has 2 heterocycles. The predicted octanol–water partition coefficient (Wildman–Crippen LogP) is 3.83. The molecule has 2 aromatic carbocycles. The molecule has 0 spiro atoms. The number of piperidine rings is 1. The van der Waals surface area contributed by atoms with E-state index in [0.717, 1.165) is 41.4 Å². The molecule has 0 aliphatic carbocycles. The van der Waals surface area contributed by atoms with Crippen LogP contribution in [0.3, 0.4) is 0 Å². The zero-order valence-corrected chi connectivity index (χ0v) is 16.7. The molecule has 1 saturated heterocycles. The normalized spacial score (nSPS) is 17.8. The molecule has 0 radical (unpaired) electrons. The lowest BCUT2D eigenvalue weighted by Crippen LogP contribution is -2.46. The van der Waals surface area contributed by atoms with E-state index < -0.39 is 0 Å². The molecule has 2 amide bonds. The number of rotatable bonds is 5. The summed E-state index contributed by atoms with van der Waals surface area (Å²) < 4.78 is 0. The zero-order valence-electron chi connectivity index (χ0n) is 16.7. The summed E-state index contributed by atoms with van der Waals surface area (Å²) >= 11 is 0. The van der Waals surface area contributed by atoms with Gasteiger partial charge < -0.3 is 15.2 Å². The summed E-state index contributed by atoms with van der Waals surface area (Å²) in [5.74, 6) is -0.0314. The minimum Gasteiger partial charge on any atom is -0.361 e. The van der Waals surface area contributed by atoms with Gasteiger partial charge in [-0.05, 0) is 37.0 Å². The van der Waals surface area contributed by atoms with E-state index in [9.17, 15) is 9.59 Å². The summed E-state index contributed by atoms with van der Waals surface area (Å²) in [6.07, 6.45) is 3.96. The summed E-state index contributed by atoms with van der Waals surface area (Å²) in [5.41, 5.74) is 3.14. The number of hydrogen-bond donors (Lipinski definition) is 2. The van der Waals surface area contributed by atoms with E-state index in [1.807, 2.05) is 72.6 Å². The van der Waals surface area contributed by atoms with Crippen LogP contribution in [0.15, 0.2) is 60.8 Å². The quantitative estimate of drug-likeness (QED) is 0.697. The molecule has 1 aliphatic heterocycles. The maximum Gasteiger partial charge on any atom is 0.227 e. The molecule has 4 rings (SSSR count). The molecule has 0 bridgehead atoms. The molecule has 150 valence electrons. The van der Waals surface area contributed by atoms with Gasteiger partial charge in [-0.1, -0.05) is 48.5 Å². The number of likely N-dealkylation sites (tertiary alicyclic amines) is 1. The third-order valence-electron chi connectivity index (χ3n) is 5.82. The van der Waals surface area contributed by atoms with Gasteiger partial charge in [-0.2, -0.15) is 0 Å². The lowest BCUT2D eigenvalue weighted by molar-refractivity contribution is -0.135. The van der Waals surface area contributed by atoms with Gasteiger partial charge in [0.1, 0.15) is 0 Å². The van der Waals surface area contributed by atoms with Crippen LogP contribution < -0.4 is 5.32 Å².